The second-order valence-electron chi connectivity index (χ2n) is 8.92. The molecule has 1 amide bonds. The van der Waals surface area contributed by atoms with Gasteiger partial charge in [-0.15, -0.1) is 10.2 Å². The van der Waals surface area contributed by atoms with Crippen LogP contribution in [0.2, 0.25) is 0 Å². The highest BCUT2D eigenvalue weighted by molar-refractivity contribution is 5.95. The predicted molar refractivity (Wildman–Crippen MR) is 152 cm³/mol. The van der Waals surface area contributed by atoms with Crippen LogP contribution in [-0.2, 0) is 17.9 Å². The van der Waals surface area contributed by atoms with Gasteiger partial charge < -0.3 is 9.47 Å². The maximum Gasteiger partial charge on any atom is 0.337 e. The first kappa shape index (κ1) is 26.9. The monoisotopic (exact) mass is 546 g/mol. The van der Waals surface area contributed by atoms with Crippen LogP contribution in [0.5, 0.6) is 5.75 Å². The first-order chi connectivity index (χ1) is 20.1. The second-order valence-corrected chi connectivity index (χ2v) is 8.92. The van der Waals surface area contributed by atoms with Crippen molar-refractivity contribution >= 4 is 18.1 Å². The molecule has 0 saturated heterocycles. The van der Waals surface area contributed by atoms with E-state index in [1.165, 1.54) is 18.1 Å². The Morgan fingerprint density at radius 3 is 2.29 bits per heavy atom. The van der Waals surface area contributed by atoms with E-state index < -0.39 is 5.97 Å². The summed E-state index contributed by atoms with van der Waals surface area (Å²) in [6, 6.07) is 31.1. The van der Waals surface area contributed by atoms with Gasteiger partial charge in [-0.3, -0.25) is 4.79 Å². The number of para-hydroxylation sites is 1. The number of benzene rings is 4. The summed E-state index contributed by atoms with van der Waals surface area (Å²) < 4.78 is 10.7. The number of nitrogens with zero attached hydrogens (tertiary/aromatic N) is 5. The third kappa shape index (κ3) is 7.07. The fourth-order valence-corrected chi connectivity index (χ4v) is 3.90. The molecule has 204 valence electrons. The van der Waals surface area contributed by atoms with Crippen molar-refractivity contribution in [2.75, 3.05) is 7.11 Å². The van der Waals surface area contributed by atoms with Gasteiger partial charge in [0.15, 0.2) is 0 Å². The van der Waals surface area contributed by atoms with Crippen LogP contribution in [0.15, 0.2) is 108 Å². The number of ether oxygens (including phenoxy) is 2. The van der Waals surface area contributed by atoms with Gasteiger partial charge in [0, 0.05) is 16.7 Å². The number of hydrogen-bond acceptors (Lipinski definition) is 8. The fraction of sp³-hybridized carbons (Fsp3) is 0.0968. The number of hydrogen-bond donors (Lipinski definition) is 1. The summed E-state index contributed by atoms with van der Waals surface area (Å²) >= 11 is 0. The summed E-state index contributed by atoms with van der Waals surface area (Å²) in [7, 11) is 1.34. The maximum atomic E-state index is 12.6. The number of nitrogens with one attached hydrogen (secondary N) is 1. The Kier molecular flexibility index (Phi) is 8.50. The van der Waals surface area contributed by atoms with E-state index in [1.807, 2.05) is 66.7 Å². The number of amides is 1. The lowest BCUT2D eigenvalue weighted by atomic mass is 10.1. The molecule has 0 aliphatic rings. The first-order valence-corrected chi connectivity index (χ1v) is 12.7. The molecular weight excluding hydrogens is 520 g/mol. The van der Waals surface area contributed by atoms with Crippen LogP contribution >= 0.6 is 0 Å². The fourth-order valence-electron chi connectivity index (χ4n) is 3.90. The quantitative estimate of drug-likeness (QED) is 0.155. The molecule has 0 unspecified atom stereocenters. The zero-order valence-electron chi connectivity index (χ0n) is 22.2. The Morgan fingerprint density at radius 2 is 1.54 bits per heavy atom. The SMILES string of the molecule is COC(=O)c1ccc(COc2ccccc2/C=N/NC(=O)c2ccc(Cn3nnc(-c4ccccc4)n3)cc2)cc1. The van der Waals surface area contributed by atoms with Crippen molar-refractivity contribution in [2.45, 2.75) is 13.2 Å². The molecular formula is C31H26N6O4. The van der Waals surface area contributed by atoms with Gasteiger partial charge in [-0.2, -0.15) is 9.90 Å². The molecule has 0 fully saturated rings. The largest absolute Gasteiger partial charge is 0.488 e. The molecule has 5 rings (SSSR count). The number of hydrazone groups is 1. The summed E-state index contributed by atoms with van der Waals surface area (Å²) in [4.78, 5) is 25.7. The van der Waals surface area contributed by atoms with Crippen LogP contribution in [0.3, 0.4) is 0 Å². The van der Waals surface area contributed by atoms with E-state index in [-0.39, 0.29) is 5.91 Å². The molecule has 0 bridgehead atoms. The zero-order chi connectivity index (χ0) is 28.4. The van der Waals surface area contributed by atoms with Gasteiger partial charge in [-0.25, -0.2) is 10.2 Å². The molecule has 4 aromatic carbocycles. The maximum absolute atomic E-state index is 12.6. The van der Waals surface area contributed by atoms with E-state index in [4.69, 9.17) is 9.47 Å². The van der Waals surface area contributed by atoms with Crippen molar-refractivity contribution in [1.82, 2.24) is 25.6 Å². The molecule has 41 heavy (non-hydrogen) atoms. The van der Waals surface area contributed by atoms with Gasteiger partial charge in [0.25, 0.3) is 5.91 Å². The molecule has 1 heterocycles. The van der Waals surface area contributed by atoms with Crippen molar-refractivity contribution in [2.24, 2.45) is 5.10 Å². The van der Waals surface area contributed by atoms with Gasteiger partial charge in [-0.1, -0.05) is 66.7 Å². The Labute approximate surface area is 236 Å². The van der Waals surface area contributed by atoms with Crippen LogP contribution in [0, 0.1) is 0 Å². The van der Waals surface area contributed by atoms with E-state index in [2.05, 4.69) is 25.9 Å². The Hall–Kier alpha value is -5.64. The van der Waals surface area contributed by atoms with E-state index >= 15 is 0 Å². The van der Waals surface area contributed by atoms with Gasteiger partial charge >= 0.3 is 5.97 Å². The minimum absolute atomic E-state index is 0.294. The van der Waals surface area contributed by atoms with Gasteiger partial charge in [0.2, 0.25) is 5.82 Å². The molecule has 0 spiro atoms. The standard InChI is InChI=1S/C31H26N6O4/c1-40-31(39)26-17-13-23(14-18-26)21-41-28-10-6-5-9-27(28)19-32-34-30(38)25-15-11-22(12-16-25)20-37-35-29(33-36-37)24-7-3-2-4-8-24/h2-19H,20-21H2,1H3,(H,34,38)/b32-19+. The second kappa shape index (κ2) is 12.9. The average molecular weight is 547 g/mol. The molecule has 5 aromatic rings. The minimum atomic E-state index is -0.390. The third-order valence-electron chi connectivity index (χ3n) is 6.08. The molecule has 0 aliphatic carbocycles. The van der Waals surface area contributed by atoms with Crippen molar-refractivity contribution in [3.63, 3.8) is 0 Å². The number of esters is 1. The van der Waals surface area contributed by atoms with Gasteiger partial charge in [-0.05, 0) is 52.7 Å². The minimum Gasteiger partial charge on any atom is -0.488 e. The topological polar surface area (TPSA) is 121 Å². The van der Waals surface area contributed by atoms with E-state index in [0.29, 0.717) is 41.4 Å². The Bertz CT molecular complexity index is 1650. The van der Waals surface area contributed by atoms with Crippen molar-refractivity contribution in [3.8, 4) is 17.1 Å². The zero-order valence-corrected chi connectivity index (χ0v) is 22.2. The number of carbonyl (C=O) groups excluding carboxylic acids is 2. The average Bonchev–Trinajstić information content (AvgIpc) is 3.49. The number of aromatic nitrogens is 4. The highest BCUT2D eigenvalue weighted by Gasteiger charge is 2.09. The van der Waals surface area contributed by atoms with Crippen molar-refractivity contribution in [3.05, 3.63) is 131 Å². The van der Waals surface area contributed by atoms with Crippen LogP contribution in [0.1, 0.15) is 37.4 Å². The van der Waals surface area contributed by atoms with Crippen LogP contribution in [0.4, 0.5) is 0 Å². The Morgan fingerprint density at radius 1 is 0.854 bits per heavy atom. The lowest BCUT2D eigenvalue weighted by molar-refractivity contribution is 0.0600. The summed E-state index contributed by atoms with van der Waals surface area (Å²) in [6.45, 7) is 0.717. The first-order valence-electron chi connectivity index (χ1n) is 12.7. The van der Waals surface area contributed by atoms with Gasteiger partial charge in [0.05, 0.1) is 25.4 Å². The highest BCUT2D eigenvalue weighted by Crippen LogP contribution is 2.18. The van der Waals surface area contributed by atoms with Crippen LogP contribution in [0.25, 0.3) is 11.4 Å². The predicted octanol–water partition coefficient (Wildman–Crippen LogP) is 4.52. The molecule has 0 saturated carbocycles. The number of methoxy groups -OCH3 is 1. The van der Waals surface area contributed by atoms with E-state index in [0.717, 1.165) is 16.7 Å². The molecule has 0 aliphatic heterocycles. The molecule has 1 N–H and O–H groups in total. The lowest BCUT2D eigenvalue weighted by Gasteiger charge is -2.09. The van der Waals surface area contributed by atoms with E-state index in [1.54, 1.807) is 36.4 Å². The van der Waals surface area contributed by atoms with Crippen molar-refractivity contribution < 1.29 is 19.1 Å². The van der Waals surface area contributed by atoms with Gasteiger partial charge in [0.1, 0.15) is 12.4 Å². The molecule has 10 heteroatoms. The summed E-state index contributed by atoms with van der Waals surface area (Å²) in [6.07, 6.45) is 1.53. The van der Waals surface area contributed by atoms with E-state index in [9.17, 15) is 9.59 Å². The molecule has 1 aromatic heterocycles. The normalized spacial score (nSPS) is 10.9. The highest BCUT2D eigenvalue weighted by atomic mass is 16.5. The number of rotatable bonds is 10. The number of carbonyl (C=O) groups is 2. The summed E-state index contributed by atoms with van der Waals surface area (Å²) in [5.41, 5.74) is 6.89. The molecule has 0 atom stereocenters. The Balaban J connectivity index is 1.15. The number of tetrazole rings is 1. The van der Waals surface area contributed by atoms with Crippen LogP contribution < -0.4 is 10.2 Å². The molecule has 10 nitrogen and oxygen atoms in total. The van der Waals surface area contributed by atoms with Crippen molar-refractivity contribution in [1.29, 1.82) is 0 Å². The lowest BCUT2D eigenvalue weighted by Crippen LogP contribution is -2.17. The summed E-state index contributed by atoms with van der Waals surface area (Å²) in [5, 5.41) is 16.8. The third-order valence-corrected chi connectivity index (χ3v) is 6.08. The van der Waals surface area contributed by atoms with Crippen LogP contribution in [-0.4, -0.2) is 45.4 Å². The smallest absolute Gasteiger partial charge is 0.337 e. The summed E-state index contributed by atoms with van der Waals surface area (Å²) in [5.74, 6) is 0.422. The molecule has 0 radical (unpaired) electrons.